The van der Waals surface area contributed by atoms with Gasteiger partial charge in [-0.3, -0.25) is 0 Å². The second kappa shape index (κ2) is 0.891. The summed E-state index contributed by atoms with van der Waals surface area (Å²) in [6.07, 6.45) is 0. The van der Waals surface area contributed by atoms with Crippen molar-refractivity contribution in [2.75, 3.05) is 0 Å². The van der Waals surface area contributed by atoms with Crippen molar-refractivity contribution in [3.05, 3.63) is 0 Å². The molecule has 0 aromatic carbocycles. The van der Waals surface area contributed by atoms with Gasteiger partial charge in [-0.1, -0.05) is 33.3 Å². The number of hydrogen-bond acceptors (Lipinski definition) is 4. The Labute approximate surface area is 47.7 Å². The van der Waals surface area contributed by atoms with Crippen LogP contribution in [0.25, 0.3) is 0 Å². The first kappa shape index (κ1) is 3.95. The molecule has 2 saturated heterocycles. The molecule has 0 bridgehead atoms. The van der Waals surface area contributed by atoms with Gasteiger partial charge >= 0.3 is 0 Å². The highest BCUT2D eigenvalue weighted by molar-refractivity contribution is 8.99. The molecule has 2 aliphatic heterocycles. The van der Waals surface area contributed by atoms with Crippen LogP contribution in [0.3, 0.4) is 0 Å². The minimum atomic E-state index is -0.0486. The minimum Gasteiger partial charge on any atom is -0.379 e. The molecule has 6 heavy (non-hydrogen) atoms. The first-order chi connectivity index (χ1) is 2.83. The number of hydrogen-bond donors (Lipinski definition) is 1. The van der Waals surface area contributed by atoms with Gasteiger partial charge in [-0.15, -0.1) is 0 Å². The van der Waals surface area contributed by atoms with Gasteiger partial charge < -0.3 is 5.11 Å². The average molecular weight is 138 g/mol. The van der Waals surface area contributed by atoms with Crippen LogP contribution in [0.15, 0.2) is 0 Å². The fraction of sp³-hybridized carbons (Fsp3) is 1.00. The Hall–Kier alpha value is 1.01. The van der Waals surface area contributed by atoms with Crippen LogP contribution < -0.4 is 0 Å². The van der Waals surface area contributed by atoms with E-state index >= 15 is 0 Å². The topological polar surface area (TPSA) is 20.2 Å². The van der Waals surface area contributed by atoms with Gasteiger partial charge in [0.05, 0.1) is 0 Å². The number of thioether (sulfide) groups is 1. The molecular formula is C2H2OS3. The number of aliphatic hydroxyl groups is 1. The van der Waals surface area contributed by atoms with E-state index in [0.29, 0.717) is 0 Å². The van der Waals surface area contributed by atoms with Gasteiger partial charge in [0.25, 0.3) is 0 Å². The third kappa shape index (κ3) is 0.358. The maximum atomic E-state index is 8.68. The van der Waals surface area contributed by atoms with Crippen LogP contribution in [-0.2, 0) is 0 Å². The monoisotopic (exact) mass is 138 g/mol. The molecule has 1 unspecified atom stereocenters. The molecule has 0 saturated carbocycles. The highest BCUT2D eigenvalue weighted by atomic mass is 33.2. The Bertz CT molecular complexity index is 88.8. The first-order valence-corrected chi connectivity index (χ1v) is 4.59. The van der Waals surface area contributed by atoms with Crippen molar-refractivity contribution in [1.29, 1.82) is 0 Å². The van der Waals surface area contributed by atoms with Gasteiger partial charge in [0.1, 0.15) is 5.44 Å². The van der Waals surface area contributed by atoms with Crippen molar-refractivity contribution < 1.29 is 5.11 Å². The maximum Gasteiger partial charge on any atom is 0.164 e. The fourth-order valence-electron chi connectivity index (χ4n) is 0.284. The van der Waals surface area contributed by atoms with Crippen LogP contribution in [0.4, 0.5) is 0 Å². The van der Waals surface area contributed by atoms with E-state index in [-0.39, 0.29) is 8.85 Å². The van der Waals surface area contributed by atoms with Crippen LogP contribution in [0.1, 0.15) is 0 Å². The van der Waals surface area contributed by atoms with E-state index < -0.39 is 0 Å². The zero-order chi connectivity index (χ0) is 4.20. The van der Waals surface area contributed by atoms with Crippen molar-refractivity contribution in [3.8, 4) is 0 Å². The Morgan fingerprint density at radius 3 is 2.00 bits per heavy atom. The normalized spacial score (nSPS) is 46.5. The quantitative estimate of drug-likeness (QED) is 0.399. The molecule has 1 spiro atoms. The summed E-state index contributed by atoms with van der Waals surface area (Å²) in [5.41, 5.74) is -0.0486. The van der Waals surface area contributed by atoms with Gasteiger partial charge in [0.15, 0.2) is 3.41 Å². The predicted octanol–water partition coefficient (Wildman–Crippen LogP) is 1.10. The van der Waals surface area contributed by atoms with Gasteiger partial charge in [-0.25, -0.2) is 0 Å². The second-order valence-corrected chi connectivity index (χ2v) is 5.96. The zero-order valence-electron chi connectivity index (χ0n) is 2.75. The molecule has 34 valence electrons. The molecule has 1 atom stereocenters. The van der Waals surface area contributed by atoms with Crippen LogP contribution in [0, 0.1) is 0 Å². The number of aliphatic hydroxyl groups excluding tert-OH is 1. The van der Waals surface area contributed by atoms with Crippen LogP contribution in [0.2, 0.25) is 0 Å². The lowest BCUT2D eigenvalue weighted by atomic mass is 10.9. The van der Waals surface area contributed by atoms with E-state index in [4.69, 9.17) is 5.11 Å². The van der Waals surface area contributed by atoms with Crippen molar-refractivity contribution in [1.82, 2.24) is 0 Å². The zero-order valence-corrected chi connectivity index (χ0v) is 5.20. The first-order valence-electron chi connectivity index (χ1n) is 1.56. The predicted molar refractivity (Wildman–Crippen MR) is 31.5 cm³/mol. The molecule has 2 rings (SSSR count). The summed E-state index contributed by atoms with van der Waals surface area (Å²) < 4.78 is 0.264. The summed E-state index contributed by atoms with van der Waals surface area (Å²) >= 11 is 1.64. The minimum absolute atomic E-state index is 0.0486. The summed E-state index contributed by atoms with van der Waals surface area (Å²) in [5, 5.41) is 8.68. The third-order valence-electron chi connectivity index (χ3n) is 0.769. The highest BCUT2D eigenvalue weighted by Gasteiger charge is 2.68. The summed E-state index contributed by atoms with van der Waals surface area (Å²) in [5.74, 6) is 0. The summed E-state index contributed by atoms with van der Waals surface area (Å²) in [6, 6.07) is 0. The van der Waals surface area contributed by atoms with E-state index in [1.54, 1.807) is 33.3 Å². The van der Waals surface area contributed by atoms with Gasteiger partial charge in [0.2, 0.25) is 0 Å². The molecule has 0 radical (unpaired) electrons. The average Bonchev–Trinajstić information content (AvgIpc) is 2.25. The molecule has 1 nitrogen and oxygen atoms in total. The fourth-order valence-corrected chi connectivity index (χ4v) is 4.10. The molecule has 2 heterocycles. The molecule has 0 aromatic rings. The largest absolute Gasteiger partial charge is 0.379 e. The Kier molecular flexibility index (Phi) is 0.586. The molecule has 4 heteroatoms. The molecule has 0 aromatic heterocycles. The molecule has 2 aliphatic rings. The Morgan fingerprint density at radius 1 is 1.50 bits per heavy atom. The van der Waals surface area contributed by atoms with Gasteiger partial charge in [-0.05, 0) is 0 Å². The van der Waals surface area contributed by atoms with E-state index in [0.717, 1.165) is 0 Å². The standard InChI is InChI=1S/C2H2OS3/c3-1-2(4-1)5-6-2/h1,3H. The highest BCUT2D eigenvalue weighted by Crippen LogP contribution is 2.85. The van der Waals surface area contributed by atoms with Gasteiger partial charge in [-0.2, -0.15) is 0 Å². The van der Waals surface area contributed by atoms with Crippen LogP contribution in [-0.4, -0.2) is 14.0 Å². The van der Waals surface area contributed by atoms with Crippen molar-refractivity contribution in [2.45, 2.75) is 8.85 Å². The molecular weight excluding hydrogens is 136 g/mol. The SMILES string of the molecule is OC1SC12SS2. The smallest absolute Gasteiger partial charge is 0.164 e. The summed E-state index contributed by atoms with van der Waals surface area (Å²) in [4.78, 5) is 0. The maximum absolute atomic E-state index is 8.68. The molecule has 2 fully saturated rings. The lowest BCUT2D eigenvalue weighted by molar-refractivity contribution is 0.305. The van der Waals surface area contributed by atoms with Crippen molar-refractivity contribution in [2.24, 2.45) is 0 Å². The van der Waals surface area contributed by atoms with Crippen molar-refractivity contribution >= 4 is 33.3 Å². The third-order valence-corrected chi connectivity index (χ3v) is 6.17. The second-order valence-electron chi connectivity index (χ2n) is 1.24. The summed E-state index contributed by atoms with van der Waals surface area (Å²) in [7, 11) is 3.55. The van der Waals surface area contributed by atoms with Gasteiger partial charge in [0, 0.05) is 0 Å². The molecule has 1 N–H and O–H groups in total. The summed E-state index contributed by atoms with van der Waals surface area (Å²) in [6.45, 7) is 0. The van der Waals surface area contributed by atoms with Crippen LogP contribution in [0.5, 0.6) is 0 Å². The molecule has 0 aliphatic carbocycles. The lowest BCUT2D eigenvalue weighted by Gasteiger charge is -1.64. The Morgan fingerprint density at radius 2 is 2.00 bits per heavy atom. The number of rotatable bonds is 0. The lowest BCUT2D eigenvalue weighted by Crippen LogP contribution is -1.82. The Balaban J connectivity index is 2.17. The molecule has 0 amide bonds. The van der Waals surface area contributed by atoms with Crippen molar-refractivity contribution in [3.63, 3.8) is 0 Å². The van der Waals surface area contributed by atoms with E-state index in [1.807, 2.05) is 0 Å². The van der Waals surface area contributed by atoms with E-state index in [9.17, 15) is 0 Å². The van der Waals surface area contributed by atoms with Crippen LogP contribution >= 0.6 is 33.3 Å². The van der Waals surface area contributed by atoms with E-state index in [1.165, 1.54) is 0 Å². The van der Waals surface area contributed by atoms with E-state index in [2.05, 4.69) is 0 Å².